The van der Waals surface area contributed by atoms with Crippen LogP contribution in [0, 0.1) is 34.5 Å². The number of carbonyl (C=O) groups excluding carboxylic acids is 5. The number of amides is 1. The zero-order valence-electron chi connectivity index (χ0n) is 34.7. The summed E-state index contributed by atoms with van der Waals surface area (Å²) < 4.78 is 30.6. The summed E-state index contributed by atoms with van der Waals surface area (Å²) in [4.78, 5) is 68.5. The maximum atomic E-state index is 15.5. The summed E-state index contributed by atoms with van der Waals surface area (Å²) in [6, 6.07) is 15.4. The lowest BCUT2D eigenvalue weighted by Gasteiger charge is -2.69. The summed E-state index contributed by atoms with van der Waals surface area (Å²) in [5, 5.41) is 51.9. The van der Waals surface area contributed by atoms with Crippen LogP contribution >= 0.6 is 0 Å². The number of fused-ring (bicyclic) bond motifs is 5. The number of ketones is 1. The van der Waals surface area contributed by atoms with E-state index >= 15 is 4.79 Å². The third-order valence-electron chi connectivity index (χ3n) is 13.7. The number of carbonyl (C=O) groups is 5. The van der Waals surface area contributed by atoms with Crippen LogP contribution in [0.4, 0.5) is 0 Å². The Hall–Kier alpha value is -4.25. The highest BCUT2D eigenvalue weighted by Crippen LogP contribution is 2.65. The van der Waals surface area contributed by atoms with Gasteiger partial charge in [-0.2, -0.15) is 0 Å². The number of nitrogens with one attached hydrogen (secondary N) is 1. The fourth-order valence-corrected chi connectivity index (χ4v) is 10.4. The minimum atomic E-state index is -2.25. The number of aliphatic hydroxyl groups is 4. The van der Waals surface area contributed by atoms with Gasteiger partial charge in [0.25, 0.3) is 0 Å². The van der Waals surface area contributed by atoms with Gasteiger partial charge in [0.1, 0.15) is 17.8 Å². The van der Waals surface area contributed by atoms with E-state index in [9.17, 15) is 39.6 Å². The maximum Gasteiger partial charge on any atom is 0.337 e. The van der Waals surface area contributed by atoms with Crippen molar-refractivity contribution >= 4 is 29.6 Å². The molecule has 5 N–H and O–H groups in total. The van der Waals surface area contributed by atoms with E-state index in [0.717, 1.165) is 6.92 Å². The molecule has 1 heterocycles. The van der Waals surface area contributed by atoms with Crippen LogP contribution in [-0.4, -0.2) is 104 Å². The predicted octanol–water partition coefficient (Wildman–Crippen LogP) is 2.86. The van der Waals surface area contributed by atoms with E-state index in [1.807, 2.05) is 0 Å². The van der Waals surface area contributed by atoms with Gasteiger partial charge in [0.2, 0.25) is 5.91 Å². The van der Waals surface area contributed by atoms with Crippen LogP contribution in [0.2, 0.25) is 0 Å². The molecule has 4 aliphatic rings. The standard InChI is InChI=1S/C44H57NO14/c1-22(2)38(51)45-32(26-15-11-9-12-16-26)33(49)40(53)57-28-20-44(54)37(58-39(52)27-17-13-10-14-18-27)35-42(8,29(48)19-30-43(35,21-55-30)59-25(5)47)36(50)34(56-24(4)46)31(23(28)3)41(44,6)7/h9-18,22-23,28-35,37,39,48-49,52,54H,19-21H2,1-8H3,(H,45,51)/t23?,28-,29-,30+,31?,32-,33+,34+,35-,37-,39?,42+,43-,44+/m0/s1. The number of hydrogen-bond acceptors (Lipinski definition) is 14. The van der Waals surface area contributed by atoms with Crippen LogP contribution in [0.3, 0.4) is 0 Å². The average Bonchev–Trinajstić information content (AvgIpc) is 3.18. The van der Waals surface area contributed by atoms with Crippen LogP contribution in [-0.2, 0) is 47.7 Å². The molecule has 3 unspecified atom stereocenters. The average molecular weight is 824 g/mol. The van der Waals surface area contributed by atoms with Gasteiger partial charge in [0, 0.05) is 61.3 Å². The lowest BCUT2D eigenvalue weighted by molar-refractivity contribution is -0.372. The second-order valence-corrected chi connectivity index (χ2v) is 17.8. The Morgan fingerprint density at radius 3 is 2.02 bits per heavy atom. The molecular weight excluding hydrogens is 766 g/mol. The van der Waals surface area contributed by atoms with Crippen LogP contribution in [0.15, 0.2) is 60.7 Å². The number of Topliss-reactive ketones (excluding diaryl/α,β-unsaturated/α-hetero) is 1. The molecule has 322 valence electrons. The first-order chi connectivity index (χ1) is 27.6. The molecule has 15 heteroatoms. The van der Waals surface area contributed by atoms with E-state index in [0.29, 0.717) is 5.56 Å². The molecule has 0 spiro atoms. The zero-order chi connectivity index (χ0) is 43.4. The summed E-state index contributed by atoms with van der Waals surface area (Å²) in [6.07, 6.45) is -11.4. The van der Waals surface area contributed by atoms with Gasteiger partial charge in [0.15, 0.2) is 29.9 Å². The quantitative estimate of drug-likeness (QED) is 0.125. The predicted molar refractivity (Wildman–Crippen MR) is 207 cm³/mol. The summed E-state index contributed by atoms with van der Waals surface area (Å²) in [5.41, 5.74) is -6.71. The fourth-order valence-electron chi connectivity index (χ4n) is 10.4. The molecule has 15 nitrogen and oxygen atoms in total. The van der Waals surface area contributed by atoms with Gasteiger partial charge in [-0.25, -0.2) is 4.79 Å². The highest BCUT2D eigenvalue weighted by Gasteiger charge is 2.79. The van der Waals surface area contributed by atoms with E-state index in [4.69, 9.17) is 23.7 Å². The molecule has 2 bridgehead atoms. The molecule has 3 saturated carbocycles. The van der Waals surface area contributed by atoms with Gasteiger partial charge in [0.05, 0.1) is 30.3 Å². The summed E-state index contributed by atoms with van der Waals surface area (Å²) in [6.45, 7) is 11.8. The highest BCUT2D eigenvalue weighted by molar-refractivity contribution is 5.92. The van der Waals surface area contributed by atoms with E-state index in [1.165, 1.54) is 13.8 Å². The first-order valence-corrected chi connectivity index (χ1v) is 20.2. The lowest BCUT2D eigenvalue weighted by Crippen LogP contribution is -2.83. The van der Waals surface area contributed by atoms with Crippen LogP contribution in [0.5, 0.6) is 0 Å². The number of ether oxygens (including phenoxy) is 5. The summed E-state index contributed by atoms with van der Waals surface area (Å²) >= 11 is 0. The van der Waals surface area contributed by atoms with Crippen molar-refractivity contribution in [1.29, 1.82) is 0 Å². The molecule has 4 fully saturated rings. The Morgan fingerprint density at radius 1 is 0.898 bits per heavy atom. The van der Waals surface area contributed by atoms with Crippen molar-refractivity contribution in [3.8, 4) is 0 Å². The zero-order valence-corrected chi connectivity index (χ0v) is 34.7. The summed E-state index contributed by atoms with van der Waals surface area (Å²) in [7, 11) is 0. The molecule has 1 amide bonds. The van der Waals surface area contributed by atoms with Gasteiger partial charge < -0.3 is 49.4 Å². The monoisotopic (exact) mass is 823 g/mol. The number of benzene rings is 2. The van der Waals surface area contributed by atoms with Crippen molar-refractivity contribution in [3.63, 3.8) is 0 Å². The molecule has 1 saturated heterocycles. The molecule has 3 aliphatic carbocycles. The van der Waals surface area contributed by atoms with Crippen molar-refractivity contribution in [2.45, 2.75) is 128 Å². The van der Waals surface area contributed by atoms with E-state index in [1.54, 1.807) is 95.3 Å². The number of esters is 3. The van der Waals surface area contributed by atoms with Gasteiger partial charge in [-0.1, -0.05) is 95.3 Å². The van der Waals surface area contributed by atoms with Crippen molar-refractivity contribution in [2.24, 2.45) is 34.5 Å². The number of hydrogen-bond donors (Lipinski definition) is 5. The minimum Gasteiger partial charge on any atom is -0.460 e. The maximum absolute atomic E-state index is 15.5. The van der Waals surface area contributed by atoms with Crippen LogP contribution in [0.1, 0.15) is 91.7 Å². The second-order valence-electron chi connectivity index (χ2n) is 17.8. The van der Waals surface area contributed by atoms with Crippen LogP contribution < -0.4 is 5.32 Å². The minimum absolute atomic E-state index is 0.164. The van der Waals surface area contributed by atoms with E-state index in [2.05, 4.69) is 5.32 Å². The first-order valence-electron chi connectivity index (χ1n) is 20.2. The third kappa shape index (κ3) is 7.48. The van der Waals surface area contributed by atoms with E-state index < -0.39 is 131 Å². The normalized spacial score (nSPS) is 36.2. The number of rotatable bonds is 11. The Bertz CT molecular complexity index is 1910. The van der Waals surface area contributed by atoms with Gasteiger partial charge in [-0.05, 0) is 12.5 Å². The topological polar surface area (TPSA) is 224 Å². The molecule has 6 rings (SSSR count). The highest BCUT2D eigenvalue weighted by atomic mass is 16.6. The Morgan fingerprint density at radius 2 is 1.49 bits per heavy atom. The molecule has 1 aliphatic heterocycles. The van der Waals surface area contributed by atoms with Crippen molar-refractivity contribution < 1.29 is 68.1 Å². The third-order valence-corrected chi connectivity index (χ3v) is 13.7. The largest absolute Gasteiger partial charge is 0.460 e. The molecule has 2 aromatic rings. The Labute approximate surface area is 343 Å². The number of aliphatic hydroxyl groups excluding tert-OH is 3. The lowest BCUT2D eigenvalue weighted by atomic mass is 9.42. The summed E-state index contributed by atoms with van der Waals surface area (Å²) in [5.74, 6) is -7.92. The van der Waals surface area contributed by atoms with Crippen LogP contribution in [0.25, 0.3) is 0 Å². The van der Waals surface area contributed by atoms with Gasteiger partial charge in [-0.3, -0.25) is 19.2 Å². The smallest absolute Gasteiger partial charge is 0.337 e. The SMILES string of the molecule is CC(=O)O[C@H]1C(=O)[C@@]2(C)[C@H]([C@H](OC(O)c3ccccc3)[C@]3(O)C[C@H](OC(=O)[C@H](O)[C@@H](NC(=O)C(C)C)c4ccccc4)C(C)C1C3(C)C)[C@]1(OC(C)=O)CO[C@@H]1C[C@@H]2O. The fraction of sp³-hybridized carbons (Fsp3) is 0.614. The molecule has 14 atom stereocenters. The molecule has 0 aromatic heterocycles. The first kappa shape index (κ1) is 44.3. The van der Waals surface area contributed by atoms with Crippen molar-refractivity contribution in [2.75, 3.05) is 6.61 Å². The molecule has 2 aromatic carbocycles. The Balaban J connectivity index is 1.53. The van der Waals surface area contributed by atoms with Gasteiger partial charge in [-0.15, -0.1) is 0 Å². The molecule has 59 heavy (non-hydrogen) atoms. The van der Waals surface area contributed by atoms with Gasteiger partial charge >= 0.3 is 17.9 Å². The van der Waals surface area contributed by atoms with Crippen molar-refractivity contribution in [3.05, 3.63) is 71.8 Å². The Kier molecular flexibility index (Phi) is 12.3. The molecule has 0 radical (unpaired) electrons. The molecular formula is C44H57NO14. The second kappa shape index (κ2) is 16.3. The van der Waals surface area contributed by atoms with E-state index in [-0.39, 0.29) is 18.6 Å². The van der Waals surface area contributed by atoms with Crippen molar-refractivity contribution in [1.82, 2.24) is 5.32 Å².